The van der Waals surface area contributed by atoms with Crippen molar-refractivity contribution in [1.82, 2.24) is 5.32 Å². The molecule has 0 spiro atoms. The van der Waals surface area contributed by atoms with E-state index in [-0.39, 0.29) is 18.5 Å². The Morgan fingerprint density at radius 3 is 1.50 bits per heavy atom. The Kier molecular flexibility index (Phi) is 40.7. The summed E-state index contributed by atoms with van der Waals surface area (Å²) in [6.07, 6.45) is 40.9. The van der Waals surface area contributed by atoms with Crippen LogP contribution in [0, 0.1) is 0 Å². The fraction of sp³-hybridized carbons (Fsp3) is 0.849. The molecule has 7 atom stereocenters. The van der Waals surface area contributed by atoms with Crippen LogP contribution in [0.4, 0.5) is 0 Å². The van der Waals surface area contributed by atoms with Crippen LogP contribution in [-0.2, 0) is 23.8 Å². The largest absolute Gasteiger partial charge is 0.466 e. The number of nitrogens with one attached hydrogen (secondary N) is 1. The predicted octanol–water partition coefficient (Wildman–Crippen LogP) is 10.8. The number of aliphatic hydroxyl groups is 5. The standard InChI is InChI=1S/C53H97NO10/c1-3-5-7-9-11-13-14-15-16-17-18-21-25-29-33-37-41-49(58)62-42-38-34-30-26-22-19-20-24-28-32-36-40-48(57)54-45(46(56)39-35-31-27-23-12-10-8-6-4-2)44-63-53-52(61)51(60)50(59)47(43-55)64-53/h16-17,22,26,35,39,45-47,50-53,55-56,59-61H,3-15,18-21,23-25,27-34,36-38,40-44H2,1-2H3,(H,54,57)/b17-16-,26-22-,39-35+. The lowest BCUT2D eigenvalue weighted by Crippen LogP contribution is -2.60. The molecule has 0 bridgehead atoms. The summed E-state index contributed by atoms with van der Waals surface area (Å²) < 4.78 is 16.6. The van der Waals surface area contributed by atoms with Crippen molar-refractivity contribution in [3.63, 3.8) is 0 Å². The predicted molar refractivity (Wildman–Crippen MR) is 260 cm³/mol. The van der Waals surface area contributed by atoms with Crippen LogP contribution >= 0.6 is 0 Å². The van der Waals surface area contributed by atoms with Crippen molar-refractivity contribution in [2.24, 2.45) is 0 Å². The third kappa shape index (κ3) is 33.4. The van der Waals surface area contributed by atoms with E-state index in [1.165, 1.54) is 109 Å². The monoisotopic (exact) mass is 908 g/mol. The van der Waals surface area contributed by atoms with E-state index in [0.717, 1.165) is 83.5 Å². The molecule has 1 rings (SSSR count). The van der Waals surface area contributed by atoms with Crippen LogP contribution in [0.1, 0.15) is 226 Å². The fourth-order valence-electron chi connectivity index (χ4n) is 7.95. The summed E-state index contributed by atoms with van der Waals surface area (Å²) in [4.78, 5) is 25.0. The van der Waals surface area contributed by atoms with Crippen LogP contribution in [-0.4, -0.2) is 100 Å². The topological polar surface area (TPSA) is 175 Å². The maximum Gasteiger partial charge on any atom is 0.305 e. The van der Waals surface area contributed by atoms with Crippen LogP contribution in [0.3, 0.4) is 0 Å². The molecule has 1 heterocycles. The molecular weight excluding hydrogens is 811 g/mol. The SMILES string of the molecule is CCCCCCCCC/C=C\CCCCCCCC(=O)OCCCC/C=C\CCCCCCCC(=O)NC(COC1OC(CO)C(O)C(O)C1O)C(O)/C=C/CCCCCCCCC. The minimum absolute atomic E-state index is 0.0656. The van der Waals surface area contributed by atoms with Gasteiger partial charge in [-0.1, -0.05) is 166 Å². The smallest absolute Gasteiger partial charge is 0.305 e. The Bertz CT molecular complexity index is 1160. The summed E-state index contributed by atoms with van der Waals surface area (Å²) in [6.45, 7) is 4.19. The molecule has 11 heteroatoms. The molecule has 7 unspecified atom stereocenters. The highest BCUT2D eigenvalue weighted by molar-refractivity contribution is 5.76. The van der Waals surface area contributed by atoms with E-state index in [2.05, 4.69) is 43.5 Å². The van der Waals surface area contributed by atoms with E-state index < -0.39 is 49.5 Å². The van der Waals surface area contributed by atoms with E-state index in [4.69, 9.17) is 14.2 Å². The van der Waals surface area contributed by atoms with E-state index in [1.807, 2.05) is 6.08 Å². The normalized spacial score (nSPS) is 20.1. The van der Waals surface area contributed by atoms with Crippen molar-refractivity contribution in [1.29, 1.82) is 0 Å². The highest BCUT2D eigenvalue weighted by atomic mass is 16.7. The highest BCUT2D eigenvalue weighted by Gasteiger charge is 2.44. The van der Waals surface area contributed by atoms with Crippen LogP contribution in [0.5, 0.6) is 0 Å². The molecule has 0 radical (unpaired) electrons. The molecule has 1 fully saturated rings. The van der Waals surface area contributed by atoms with Crippen LogP contribution < -0.4 is 5.32 Å². The molecule has 1 aliphatic rings. The molecule has 374 valence electrons. The molecule has 0 aliphatic carbocycles. The molecule has 1 amide bonds. The zero-order chi connectivity index (χ0) is 46.7. The second-order valence-electron chi connectivity index (χ2n) is 18.2. The van der Waals surface area contributed by atoms with Crippen molar-refractivity contribution >= 4 is 11.9 Å². The minimum atomic E-state index is -1.58. The van der Waals surface area contributed by atoms with Crippen LogP contribution in [0.2, 0.25) is 0 Å². The number of carbonyl (C=O) groups excluding carboxylic acids is 2. The van der Waals surface area contributed by atoms with Gasteiger partial charge in [-0.05, 0) is 83.5 Å². The van der Waals surface area contributed by atoms with Gasteiger partial charge in [-0.3, -0.25) is 9.59 Å². The van der Waals surface area contributed by atoms with Gasteiger partial charge >= 0.3 is 5.97 Å². The molecule has 0 aromatic carbocycles. The number of amides is 1. The Hall–Kier alpha value is -2.12. The Morgan fingerprint density at radius 2 is 1.00 bits per heavy atom. The Balaban J connectivity index is 2.15. The van der Waals surface area contributed by atoms with E-state index in [0.29, 0.717) is 25.9 Å². The minimum Gasteiger partial charge on any atom is -0.466 e. The van der Waals surface area contributed by atoms with Gasteiger partial charge in [0.15, 0.2) is 6.29 Å². The van der Waals surface area contributed by atoms with Gasteiger partial charge in [-0.15, -0.1) is 0 Å². The molecule has 6 N–H and O–H groups in total. The van der Waals surface area contributed by atoms with Crippen molar-refractivity contribution in [2.75, 3.05) is 19.8 Å². The number of esters is 1. The lowest BCUT2D eigenvalue weighted by molar-refractivity contribution is -0.302. The third-order valence-corrected chi connectivity index (χ3v) is 12.2. The molecule has 11 nitrogen and oxygen atoms in total. The van der Waals surface area contributed by atoms with Crippen LogP contribution in [0.15, 0.2) is 36.5 Å². The second kappa shape index (κ2) is 43.5. The average molecular weight is 908 g/mol. The zero-order valence-electron chi connectivity index (χ0n) is 40.7. The van der Waals surface area contributed by atoms with Gasteiger partial charge in [-0.2, -0.15) is 0 Å². The molecule has 1 aliphatic heterocycles. The van der Waals surface area contributed by atoms with Crippen molar-refractivity contribution in [3.05, 3.63) is 36.5 Å². The van der Waals surface area contributed by atoms with E-state index >= 15 is 0 Å². The number of aliphatic hydroxyl groups excluding tert-OH is 5. The van der Waals surface area contributed by atoms with Gasteiger partial charge in [-0.25, -0.2) is 0 Å². The summed E-state index contributed by atoms with van der Waals surface area (Å²) >= 11 is 0. The molecule has 1 saturated heterocycles. The first-order valence-electron chi connectivity index (χ1n) is 26.3. The zero-order valence-corrected chi connectivity index (χ0v) is 40.7. The molecular formula is C53H97NO10. The maximum absolute atomic E-state index is 12.9. The first-order valence-corrected chi connectivity index (χ1v) is 26.3. The van der Waals surface area contributed by atoms with Gasteiger partial charge in [0.05, 0.1) is 32.0 Å². The molecule has 0 aromatic heterocycles. The Morgan fingerprint density at radius 1 is 0.562 bits per heavy atom. The van der Waals surface area contributed by atoms with E-state index in [9.17, 15) is 35.1 Å². The Labute approximate surface area is 390 Å². The molecule has 64 heavy (non-hydrogen) atoms. The summed E-state index contributed by atoms with van der Waals surface area (Å²) in [7, 11) is 0. The number of rotatable bonds is 44. The number of unbranched alkanes of at least 4 members (excludes halogenated alkanes) is 26. The maximum atomic E-state index is 12.9. The second-order valence-corrected chi connectivity index (χ2v) is 18.2. The number of hydrogen-bond donors (Lipinski definition) is 6. The lowest BCUT2D eigenvalue weighted by atomic mass is 9.99. The average Bonchev–Trinajstić information content (AvgIpc) is 3.29. The highest BCUT2D eigenvalue weighted by Crippen LogP contribution is 2.23. The van der Waals surface area contributed by atoms with E-state index in [1.54, 1.807) is 6.08 Å². The number of hydrogen-bond acceptors (Lipinski definition) is 10. The van der Waals surface area contributed by atoms with Gasteiger partial charge in [0.2, 0.25) is 5.91 Å². The summed E-state index contributed by atoms with van der Waals surface area (Å²) in [6, 6.07) is -0.830. The molecule has 0 saturated carbocycles. The number of carbonyl (C=O) groups is 2. The van der Waals surface area contributed by atoms with Gasteiger partial charge in [0.25, 0.3) is 0 Å². The van der Waals surface area contributed by atoms with Crippen molar-refractivity contribution in [3.8, 4) is 0 Å². The van der Waals surface area contributed by atoms with Crippen molar-refractivity contribution < 1.29 is 49.3 Å². The fourth-order valence-corrected chi connectivity index (χ4v) is 7.95. The third-order valence-electron chi connectivity index (χ3n) is 12.2. The summed E-state index contributed by atoms with van der Waals surface area (Å²) in [5.41, 5.74) is 0. The van der Waals surface area contributed by atoms with Crippen molar-refractivity contribution in [2.45, 2.75) is 269 Å². The van der Waals surface area contributed by atoms with Crippen LogP contribution in [0.25, 0.3) is 0 Å². The van der Waals surface area contributed by atoms with Gasteiger partial charge < -0.3 is 45.1 Å². The first-order chi connectivity index (χ1) is 31.2. The number of allylic oxidation sites excluding steroid dienone is 5. The summed E-state index contributed by atoms with van der Waals surface area (Å²) in [5.74, 6) is -0.280. The molecule has 0 aromatic rings. The van der Waals surface area contributed by atoms with Gasteiger partial charge in [0, 0.05) is 12.8 Å². The first kappa shape index (κ1) is 59.9. The summed E-state index contributed by atoms with van der Waals surface area (Å²) in [5, 5.41) is 54.1. The lowest BCUT2D eigenvalue weighted by Gasteiger charge is -2.40. The number of ether oxygens (including phenoxy) is 3. The van der Waals surface area contributed by atoms with Gasteiger partial charge in [0.1, 0.15) is 24.4 Å². The quantitative estimate of drug-likeness (QED) is 0.0196.